The molecule has 0 radical (unpaired) electrons. The number of aromatic nitrogens is 2. The van der Waals surface area contributed by atoms with E-state index < -0.39 is 9.84 Å². The number of fused-ring (bicyclic) bond motifs is 1. The maximum absolute atomic E-state index is 12.6. The first-order chi connectivity index (χ1) is 14.0. The van der Waals surface area contributed by atoms with Crippen LogP contribution in [0, 0.1) is 5.92 Å². The first kappa shape index (κ1) is 20.1. The van der Waals surface area contributed by atoms with Gasteiger partial charge in [0.05, 0.1) is 28.6 Å². The molecule has 1 fully saturated rings. The quantitative estimate of drug-likeness (QED) is 0.775. The lowest BCUT2D eigenvalue weighted by molar-refractivity contribution is 0.540. The number of hydrogen-bond donors (Lipinski definition) is 2. The SMILES string of the molecule is CC(C)[C@H](Nc1ncncc1N1CCNCC1)c1ccc2c(c1)S(=O)(=O)CCC2. The molecule has 0 spiro atoms. The zero-order chi connectivity index (χ0) is 20.4. The second-order valence-electron chi connectivity index (χ2n) is 8.15. The highest BCUT2D eigenvalue weighted by molar-refractivity contribution is 7.91. The third-order valence-electron chi connectivity index (χ3n) is 5.75. The van der Waals surface area contributed by atoms with Gasteiger partial charge in [0.1, 0.15) is 6.33 Å². The predicted octanol–water partition coefficient (Wildman–Crippen LogP) is 2.42. The van der Waals surface area contributed by atoms with Crippen LogP contribution < -0.4 is 15.5 Å². The van der Waals surface area contributed by atoms with Crippen LogP contribution in [0.5, 0.6) is 0 Å². The smallest absolute Gasteiger partial charge is 0.178 e. The monoisotopic (exact) mass is 415 g/mol. The molecule has 2 N–H and O–H groups in total. The molecule has 2 aliphatic rings. The summed E-state index contributed by atoms with van der Waals surface area (Å²) in [5.74, 6) is 1.29. The van der Waals surface area contributed by atoms with Crippen molar-refractivity contribution < 1.29 is 8.42 Å². The van der Waals surface area contributed by atoms with E-state index in [9.17, 15) is 8.42 Å². The van der Waals surface area contributed by atoms with E-state index in [1.165, 1.54) is 0 Å². The first-order valence-electron chi connectivity index (χ1n) is 10.3. The molecule has 4 rings (SSSR count). The van der Waals surface area contributed by atoms with E-state index in [4.69, 9.17) is 0 Å². The Labute approximate surface area is 172 Å². The Morgan fingerprint density at radius 1 is 1.21 bits per heavy atom. The molecule has 0 unspecified atom stereocenters. The molecule has 156 valence electrons. The minimum Gasteiger partial charge on any atom is -0.365 e. The number of nitrogens with zero attached hydrogens (tertiary/aromatic N) is 3. The second kappa shape index (κ2) is 8.28. The summed E-state index contributed by atoms with van der Waals surface area (Å²) < 4.78 is 25.2. The molecule has 2 aromatic rings. The van der Waals surface area contributed by atoms with E-state index in [0.29, 0.717) is 11.3 Å². The van der Waals surface area contributed by atoms with E-state index in [2.05, 4.69) is 45.4 Å². The number of nitrogens with one attached hydrogen (secondary N) is 2. The highest BCUT2D eigenvalue weighted by Crippen LogP contribution is 2.34. The molecule has 1 saturated heterocycles. The maximum atomic E-state index is 12.6. The van der Waals surface area contributed by atoms with Crippen molar-refractivity contribution in [3.8, 4) is 0 Å². The summed E-state index contributed by atoms with van der Waals surface area (Å²) in [6.07, 6.45) is 4.95. The number of rotatable bonds is 5. The van der Waals surface area contributed by atoms with E-state index in [1.807, 2.05) is 18.3 Å². The normalized spacial score (nSPS) is 19.6. The summed E-state index contributed by atoms with van der Waals surface area (Å²) >= 11 is 0. The third-order valence-corrected chi connectivity index (χ3v) is 7.63. The molecule has 0 aliphatic carbocycles. The Balaban J connectivity index is 1.67. The Bertz CT molecular complexity index is 971. The van der Waals surface area contributed by atoms with Gasteiger partial charge in [0.2, 0.25) is 0 Å². The fourth-order valence-corrected chi connectivity index (χ4v) is 5.81. The van der Waals surface area contributed by atoms with Gasteiger partial charge in [0, 0.05) is 26.2 Å². The van der Waals surface area contributed by atoms with E-state index in [-0.39, 0.29) is 17.7 Å². The maximum Gasteiger partial charge on any atom is 0.178 e. The van der Waals surface area contributed by atoms with E-state index in [0.717, 1.165) is 55.2 Å². The summed E-state index contributed by atoms with van der Waals surface area (Å²) in [6, 6.07) is 5.86. The van der Waals surface area contributed by atoms with Crippen molar-refractivity contribution in [3.63, 3.8) is 0 Å². The van der Waals surface area contributed by atoms with Crippen LogP contribution in [0.1, 0.15) is 37.4 Å². The Kier molecular flexibility index (Phi) is 5.74. The molecule has 0 amide bonds. The van der Waals surface area contributed by atoms with Crippen LogP contribution in [0.3, 0.4) is 0 Å². The van der Waals surface area contributed by atoms with Crippen LogP contribution in [0.15, 0.2) is 35.6 Å². The average Bonchev–Trinajstić information content (AvgIpc) is 2.72. The Morgan fingerprint density at radius 3 is 2.76 bits per heavy atom. The largest absolute Gasteiger partial charge is 0.365 e. The van der Waals surface area contributed by atoms with Crippen molar-refractivity contribution in [1.29, 1.82) is 0 Å². The second-order valence-corrected chi connectivity index (χ2v) is 10.2. The molecule has 8 heteroatoms. The van der Waals surface area contributed by atoms with Crippen molar-refractivity contribution >= 4 is 21.3 Å². The van der Waals surface area contributed by atoms with Crippen LogP contribution in [-0.4, -0.2) is 50.3 Å². The predicted molar refractivity (Wildman–Crippen MR) is 115 cm³/mol. The van der Waals surface area contributed by atoms with Crippen LogP contribution in [-0.2, 0) is 16.3 Å². The van der Waals surface area contributed by atoms with Crippen LogP contribution in [0.2, 0.25) is 0 Å². The standard InChI is InChI=1S/C21H29N5O2S/c1-15(2)20(17-6-5-16-4-3-11-29(27,28)19(16)12-17)25-21-18(13-23-14-24-21)26-9-7-22-8-10-26/h5-6,12-15,20,22H,3-4,7-11H2,1-2H3,(H,23,24,25)/t20-/m0/s1. The lowest BCUT2D eigenvalue weighted by Gasteiger charge is -2.32. The highest BCUT2D eigenvalue weighted by Gasteiger charge is 2.27. The van der Waals surface area contributed by atoms with Crippen molar-refractivity contribution in [3.05, 3.63) is 41.9 Å². The summed E-state index contributed by atoms with van der Waals surface area (Å²) in [5, 5.41) is 6.95. The molecule has 1 atom stereocenters. The van der Waals surface area contributed by atoms with Crippen LogP contribution in [0.4, 0.5) is 11.5 Å². The van der Waals surface area contributed by atoms with Crippen molar-refractivity contribution in [2.45, 2.75) is 37.6 Å². The molecule has 0 bridgehead atoms. The molecular weight excluding hydrogens is 386 g/mol. The van der Waals surface area contributed by atoms with Crippen molar-refractivity contribution in [1.82, 2.24) is 15.3 Å². The summed E-state index contributed by atoms with van der Waals surface area (Å²) in [5.41, 5.74) is 2.91. The van der Waals surface area contributed by atoms with Gasteiger partial charge in [-0.05, 0) is 36.0 Å². The van der Waals surface area contributed by atoms with Gasteiger partial charge in [-0.2, -0.15) is 0 Å². The van der Waals surface area contributed by atoms with Crippen LogP contribution >= 0.6 is 0 Å². The van der Waals surface area contributed by atoms with E-state index in [1.54, 1.807) is 6.33 Å². The molecule has 2 aliphatic heterocycles. The molecule has 0 saturated carbocycles. The third kappa shape index (κ3) is 4.23. The first-order valence-corrected chi connectivity index (χ1v) is 12.0. The minimum absolute atomic E-state index is 0.0472. The van der Waals surface area contributed by atoms with Gasteiger partial charge in [-0.25, -0.2) is 18.4 Å². The highest BCUT2D eigenvalue weighted by atomic mass is 32.2. The Morgan fingerprint density at radius 2 is 2.00 bits per heavy atom. The molecule has 3 heterocycles. The number of benzene rings is 1. The van der Waals surface area contributed by atoms with E-state index >= 15 is 0 Å². The van der Waals surface area contributed by atoms with Gasteiger partial charge in [0.15, 0.2) is 15.7 Å². The number of piperazine rings is 1. The lowest BCUT2D eigenvalue weighted by Crippen LogP contribution is -2.44. The zero-order valence-corrected chi connectivity index (χ0v) is 17.9. The number of sulfone groups is 1. The molecule has 1 aromatic heterocycles. The van der Waals surface area contributed by atoms with Gasteiger partial charge in [-0.3, -0.25) is 0 Å². The molecule has 29 heavy (non-hydrogen) atoms. The summed E-state index contributed by atoms with van der Waals surface area (Å²) in [4.78, 5) is 11.5. The summed E-state index contributed by atoms with van der Waals surface area (Å²) in [7, 11) is -3.19. The lowest BCUT2D eigenvalue weighted by atomic mass is 9.94. The minimum atomic E-state index is -3.19. The molecule has 7 nitrogen and oxygen atoms in total. The van der Waals surface area contributed by atoms with Crippen LogP contribution in [0.25, 0.3) is 0 Å². The topological polar surface area (TPSA) is 87.2 Å². The van der Waals surface area contributed by atoms with Gasteiger partial charge in [0.25, 0.3) is 0 Å². The van der Waals surface area contributed by atoms with Gasteiger partial charge in [-0.1, -0.05) is 26.0 Å². The molecular formula is C21H29N5O2S. The number of anilines is 2. The van der Waals surface area contributed by atoms with Crippen molar-refractivity contribution in [2.75, 3.05) is 42.1 Å². The number of hydrogen-bond acceptors (Lipinski definition) is 7. The van der Waals surface area contributed by atoms with Crippen molar-refractivity contribution in [2.24, 2.45) is 5.92 Å². The average molecular weight is 416 g/mol. The Hall–Kier alpha value is -2.19. The van der Waals surface area contributed by atoms with Gasteiger partial charge in [-0.15, -0.1) is 0 Å². The fraction of sp³-hybridized carbons (Fsp3) is 0.524. The zero-order valence-electron chi connectivity index (χ0n) is 17.1. The number of aryl methyl sites for hydroxylation is 1. The van der Waals surface area contributed by atoms with Gasteiger partial charge >= 0.3 is 0 Å². The fourth-order valence-electron chi connectivity index (χ4n) is 4.18. The van der Waals surface area contributed by atoms with Gasteiger partial charge < -0.3 is 15.5 Å². The summed E-state index contributed by atoms with van der Waals surface area (Å²) in [6.45, 7) is 7.96. The molecule has 1 aromatic carbocycles.